The van der Waals surface area contributed by atoms with Gasteiger partial charge in [-0.2, -0.15) is 0 Å². The van der Waals surface area contributed by atoms with Crippen LogP contribution in [0, 0.1) is 0 Å². The minimum absolute atomic E-state index is 0.262. The summed E-state index contributed by atoms with van der Waals surface area (Å²) in [6.45, 7) is 2.07. The van der Waals surface area contributed by atoms with E-state index in [1.165, 1.54) is 5.56 Å². The first-order valence-electron chi connectivity index (χ1n) is 5.61. The summed E-state index contributed by atoms with van der Waals surface area (Å²) in [5, 5.41) is 7.94. The van der Waals surface area contributed by atoms with E-state index in [-0.39, 0.29) is 6.10 Å². The number of ether oxygens (including phenoxy) is 1. The van der Waals surface area contributed by atoms with Gasteiger partial charge in [0.05, 0.1) is 5.69 Å². The van der Waals surface area contributed by atoms with Crippen LogP contribution in [0.1, 0.15) is 12.5 Å². The largest absolute Gasteiger partial charge is 0.490 e. The molecule has 0 spiro atoms. The van der Waals surface area contributed by atoms with Crippen molar-refractivity contribution >= 4 is 5.82 Å². The molecule has 0 saturated carbocycles. The third-order valence-corrected chi connectivity index (χ3v) is 2.88. The van der Waals surface area contributed by atoms with Crippen LogP contribution in [0.25, 0.3) is 11.3 Å². The molecule has 2 heterocycles. The molecule has 17 heavy (non-hydrogen) atoms. The van der Waals surface area contributed by atoms with E-state index < -0.39 is 0 Å². The average Bonchev–Trinajstić information content (AvgIpc) is 2.69. The number of nitrogen functional groups attached to an aromatic ring is 1. The Labute approximate surface area is 99.4 Å². The number of nitrogens with zero attached hydrogens (tertiary/aromatic N) is 2. The lowest BCUT2D eigenvalue weighted by molar-refractivity contribution is 0.254. The number of fused-ring (bicyclic) bond motifs is 1. The van der Waals surface area contributed by atoms with Crippen LogP contribution in [0.4, 0.5) is 5.82 Å². The lowest BCUT2D eigenvalue weighted by atomic mass is 10.0. The maximum atomic E-state index is 5.66. The van der Waals surface area contributed by atoms with Gasteiger partial charge < -0.3 is 10.5 Å². The van der Waals surface area contributed by atoms with Gasteiger partial charge in [0.1, 0.15) is 17.7 Å². The van der Waals surface area contributed by atoms with Crippen molar-refractivity contribution in [2.45, 2.75) is 19.4 Å². The van der Waals surface area contributed by atoms with Crippen molar-refractivity contribution in [1.29, 1.82) is 0 Å². The van der Waals surface area contributed by atoms with Crippen LogP contribution in [-0.4, -0.2) is 16.3 Å². The molecule has 0 saturated heterocycles. The fourth-order valence-electron chi connectivity index (χ4n) is 2.08. The number of hydrogen-bond acceptors (Lipinski definition) is 4. The average molecular weight is 227 g/mol. The van der Waals surface area contributed by atoms with Crippen molar-refractivity contribution < 1.29 is 4.74 Å². The summed E-state index contributed by atoms with van der Waals surface area (Å²) in [6, 6.07) is 9.74. The Hall–Kier alpha value is -2.10. The highest BCUT2D eigenvalue weighted by Gasteiger charge is 2.19. The molecule has 1 atom stereocenters. The van der Waals surface area contributed by atoms with Gasteiger partial charge in [0.2, 0.25) is 0 Å². The summed E-state index contributed by atoms with van der Waals surface area (Å²) in [7, 11) is 0. The Kier molecular flexibility index (Phi) is 2.21. The first kappa shape index (κ1) is 10.1. The number of benzene rings is 1. The van der Waals surface area contributed by atoms with Crippen LogP contribution < -0.4 is 10.5 Å². The third-order valence-electron chi connectivity index (χ3n) is 2.88. The van der Waals surface area contributed by atoms with Gasteiger partial charge in [-0.1, -0.05) is 0 Å². The molecule has 1 aliphatic rings. The molecule has 4 nitrogen and oxygen atoms in total. The topological polar surface area (TPSA) is 61.0 Å². The first-order chi connectivity index (χ1) is 8.22. The Morgan fingerprint density at radius 3 is 2.88 bits per heavy atom. The van der Waals surface area contributed by atoms with Crippen LogP contribution in [0.3, 0.4) is 0 Å². The zero-order valence-electron chi connectivity index (χ0n) is 9.55. The predicted molar refractivity (Wildman–Crippen MR) is 65.7 cm³/mol. The second kappa shape index (κ2) is 3.73. The minimum atomic E-state index is 0.262. The lowest BCUT2D eigenvalue weighted by Crippen LogP contribution is -2.05. The zero-order chi connectivity index (χ0) is 11.8. The maximum Gasteiger partial charge on any atom is 0.146 e. The normalized spacial score (nSPS) is 17.6. The van der Waals surface area contributed by atoms with Gasteiger partial charge in [-0.15, -0.1) is 10.2 Å². The summed E-state index contributed by atoms with van der Waals surface area (Å²) >= 11 is 0. The second-order valence-electron chi connectivity index (χ2n) is 4.30. The summed E-state index contributed by atoms with van der Waals surface area (Å²) < 4.78 is 5.66. The van der Waals surface area contributed by atoms with Gasteiger partial charge in [-0.05, 0) is 42.8 Å². The molecule has 3 rings (SSSR count). The van der Waals surface area contributed by atoms with Gasteiger partial charge >= 0.3 is 0 Å². The van der Waals surface area contributed by atoms with E-state index in [0.717, 1.165) is 23.4 Å². The molecule has 0 radical (unpaired) electrons. The molecule has 0 aliphatic carbocycles. The van der Waals surface area contributed by atoms with E-state index in [0.29, 0.717) is 5.82 Å². The molecule has 2 aromatic rings. The Balaban J connectivity index is 2.00. The van der Waals surface area contributed by atoms with Gasteiger partial charge in [0.25, 0.3) is 0 Å². The van der Waals surface area contributed by atoms with E-state index in [1.54, 1.807) is 6.07 Å². The van der Waals surface area contributed by atoms with Crippen molar-refractivity contribution in [2.75, 3.05) is 5.73 Å². The summed E-state index contributed by atoms with van der Waals surface area (Å²) in [4.78, 5) is 0. The van der Waals surface area contributed by atoms with Crippen molar-refractivity contribution in [2.24, 2.45) is 0 Å². The predicted octanol–water partition coefficient (Wildman–Crippen LogP) is 2.05. The van der Waals surface area contributed by atoms with Crippen LogP contribution in [-0.2, 0) is 6.42 Å². The van der Waals surface area contributed by atoms with E-state index in [4.69, 9.17) is 10.5 Å². The fraction of sp³-hybridized carbons (Fsp3) is 0.231. The molecule has 0 fully saturated rings. The maximum absolute atomic E-state index is 5.66. The van der Waals surface area contributed by atoms with Crippen LogP contribution in [0.5, 0.6) is 5.75 Å². The van der Waals surface area contributed by atoms with Crippen LogP contribution >= 0.6 is 0 Å². The quantitative estimate of drug-likeness (QED) is 0.810. The molecule has 1 aromatic carbocycles. The Morgan fingerprint density at radius 1 is 1.24 bits per heavy atom. The van der Waals surface area contributed by atoms with E-state index >= 15 is 0 Å². The van der Waals surface area contributed by atoms with Gasteiger partial charge in [-0.25, -0.2) is 0 Å². The van der Waals surface area contributed by atoms with Gasteiger partial charge in [-0.3, -0.25) is 0 Å². The number of aromatic nitrogens is 2. The van der Waals surface area contributed by atoms with Crippen LogP contribution in [0.15, 0.2) is 30.3 Å². The molecule has 0 amide bonds. The number of rotatable bonds is 1. The van der Waals surface area contributed by atoms with Crippen molar-refractivity contribution in [3.63, 3.8) is 0 Å². The lowest BCUT2D eigenvalue weighted by Gasteiger charge is -2.03. The Morgan fingerprint density at radius 2 is 2.12 bits per heavy atom. The standard InChI is InChI=1S/C13H13N3O/c1-8-6-10-7-9(2-4-12(10)17-8)11-3-5-13(14)16-15-11/h2-5,7-8H,6H2,1H3,(H2,14,16). The molecule has 1 unspecified atom stereocenters. The smallest absolute Gasteiger partial charge is 0.146 e. The number of anilines is 1. The molecule has 1 aliphatic heterocycles. The van der Waals surface area contributed by atoms with E-state index in [9.17, 15) is 0 Å². The number of nitrogens with two attached hydrogens (primary N) is 1. The molecule has 1 aromatic heterocycles. The van der Waals surface area contributed by atoms with E-state index in [2.05, 4.69) is 23.2 Å². The SMILES string of the molecule is CC1Cc2cc(-c3ccc(N)nn3)ccc2O1. The van der Waals surface area contributed by atoms with Crippen molar-refractivity contribution in [3.8, 4) is 17.0 Å². The van der Waals surface area contributed by atoms with Gasteiger partial charge in [0, 0.05) is 12.0 Å². The monoisotopic (exact) mass is 227 g/mol. The highest BCUT2D eigenvalue weighted by atomic mass is 16.5. The van der Waals surface area contributed by atoms with E-state index in [1.807, 2.05) is 18.2 Å². The minimum Gasteiger partial charge on any atom is -0.490 e. The summed E-state index contributed by atoms with van der Waals surface area (Å²) in [5.41, 5.74) is 8.63. The second-order valence-corrected chi connectivity index (χ2v) is 4.30. The molecular weight excluding hydrogens is 214 g/mol. The third kappa shape index (κ3) is 1.82. The highest BCUT2D eigenvalue weighted by molar-refractivity contribution is 5.62. The van der Waals surface area contributed by atoms with Crippen molar-refractivity contribution in [1.82, 2.24) is 10.2 Å². The Bertz CT molecular complexity index is 551. The summed E-state index contributed by atoms with van der Waals surface area (Å²) in [6.07, 6.45) is 1.21. The number of hydrogen-bond donors (Lipinski definition) is 1. The van der Waals surface area contributed by atoms with Crippen molar-refractivity contribution in [3.05, 3.63) is 35.9 Å². The molecule has 86 valence electrons. The zero-order valence-corrected chi connectivity index (χ0v) is 9.55. The molecule has 4 heteroatoms. The highest BCUT2D eigenvalue weighted by Crippen LogP contribution is 2.32. The molecule has 2 N–H and O–H groups in total. The summed E-state index contributed by atoms with van der Waals surface area (Å²) in [5.74, 6) is 1.41. The fourth-order valence-corrected chi connectivity index (χ4v) is 2.08. The first-order valence-corrected chi connectivity index (χ1v) is 5.61. The molecule has 0 bridgehead atoms. The molecular formula is C13H13N3O. The van der Waals surface area contributed by atoms with Gasteiger partial charge in [0.15, 0.2) is 0 Å². The van der Waals surface area contributed by atoms with Crippen LogP contribution in [0.2, 0.25) is 0 Å².